The summed E-state index contributed by atoms with van der Waals surface area (Å²) in [5, 5.41) is 16.8. The number of nitro benzene ring substituents is 1. The topological polar surface area (TPSA) is 93.9 Å². The molecule has 146 valence electrons. The summed E-state index contributed by atoms with van der Waals surface area (Å²) in [6, 6.07) is 7.16. The number of carbonyl (C=O) groups is 1. The highest BCUT2D eigenvalue weighted by molar-refractivity contribution is 7.10. The van der Waals surface area contributed by atoms with Gasteiger partial charge in [0, 0.05) is 10.9 Å². The van der Waals surface area contributed by atoms with Gasteiger partial charge in [-0.3, -0.25) is 10.1 Å². The molecule has 2 aliphatic rings. The van der Waals surface area contributed by atoms with Crippen molar-refractivity contribution in [1.82, 2.24) is 5.32 Å². The summed E-state index contributed by atoms with van der Waals surface area (Å²) in [5.74, 6) is -0.172. The van der Waals surface area contributed by atoms with Crippen LogP contribution in [0.5, 0.6) is 5.75 Å². The summed E-state index contributed by atoms with van der Waals surface area (Å²) in [5.41, 5.74) is 2.77. The lowest BCUT2D eigenvalue weighted by atomic mass is 9.97. The first kappa shape index (κ1) is 18.3. The fourth-order valence-corrected chi connectivity index (χ4v) is 4.46. The number of benzene rings is 1. The number of ether oxygens (including phenoxy) is 2. The number of nitrogens with one attached hydrogen (secondary N) is 1. The molecule has 3 heterocycles. The molecule has 9 heteroatoms. The molecule has 8 nitrogen and oxygen atoms in total. The number of fused-ring (bicyclic) bond motifs is 3. The van der Waals surface area contributed by atoms with E-state index < -0.39 is 10.9 Å². The molecule has 1 aromatic heterocycles. The summed E-state index contributed by atoms with van der Waals surface area (Å²) in [4.78, 5) is 26.6. The molecule has 2 aliphatic heterocycles. The lowest BCUT2D eigenvalue weighted by molar-refractivity contribution is -0.385. The van der Waals surface area contributed by atoms with Crippen LogP contribution in [0.1, 0.15) is 30.0 Å². The molecule has 1 aromatic carbocycles. The molecule has 1 N–H and O–H groups in total. The summed E-state index contributed by atoms with van der Waals surface area (Å²) in [6.45, 7) is 2.04. The van der Waals surface area contributed by atoms with Crippen molar-refractivity contribution in [3.63, 3.8) is 0 Å². The Morgan fingerprint density at radius 1 is 1.43 bits per heavy atom. The number of carbonyl (C=O) groups excluding carboxylic acids is 1. The van der Waals surface area contributed by atoms with Crippen molar-refractivity contribution in [1.29, 1.82) is 0 Å². The Bertz CT molecular complexity index is 970. The molecule has 28 heavy (non-hydrogen) atoms. The van der Waals surface area contributed by atoms with Crippen molar-refractivity contribution in [2.75, 3.05) is 18.6 Å². The number of nitro groups is 1. The summed E-state index contributed by atoms with van der Waals surface area (Å²) in [6.07, 6.45) is 0.954. The van der Waals surface area contributed by atoms with E-state index in [-0.39, 0.29) is 24.2 Å². The Kier molecular flexibility index (Phi) is 4.68. The smallest absolute Gasteiger partial charge is 0.356 e. The number of methoxy groups -OCH3 is 1. The van der Waals surface area contributed by atoms with Crippen LogP contribution < -0.4 is 15.0 Å². The highest BCUT2D eigenvalue weighted by Crippen LogP contribution is 2.47. The zero-order valence-corrected chi connectivity index (χ0v) is 16.2. The molecule has 0 amide bonds. The largest absolute Gasteiger partial charge is 0.490 e. The fraction of sp³-hybridized carbons (Fsp3) is 0.316. The lowest BCUT2D eigenvalue weighted by Gasteiger charge is -2.33. The van der Waals surface area contributed by atoms with E-state index in [1.807, 2.05) is 22.4 Å². The van der Waals surface area contributed by atoms with Crippen molar-refractivity contribution in [3.05, 3.63) is 61.6 Å². The van der Waals surface area contributed by atoms with E-state index in [0.717, 1.165) is 16.1 Å². The number of rotatable bonds is 5. The van der Waals surface area contributed by atoms with Gasteiger partial charge in [-0.1, -0.05) is 6.07 Å². The number of hydrogen-bond donors (Lipinski definition) is 1. The molecule has 2 aromatic rings. The van der Waals surface area contributed by atoms with Gasteiger partial charge in [0.15, 0.2) is 5.75 Å². The molecule has 1 atom stereocenters. The van der Waals surface area contributed by atoms with Crippen molar-refractivity contribution >= 4 is 28.7 Å². The Hall–Kier alpha value is -3.07. The first-order valence-electron chi connectivity index (χ1n) is 8.89. The maximum absolute atomic E-state index is 12.5. The number of allylic oxidation sites excluding steroid dienone is 1. The third-order valence-electron chi connectivity index (χ3n) is 4.88. The van der Waals surface area contributed by atoms with Crippen LogP contribution in [0.3, 0.4) is 0 Å². The van der Waals surface area contributed by atoms with Gasteiger partial charge in [0.05, 0.1) is 30.0 Å². The first-order valence-corrected chi connectivity index (χ1v) is 9.77. The zero-order valence-electron chi connectivity index (χ0n) is 15.4. The molecular formula is C19H19N3O5S. The number of aryl methyl sites for hydroxylation is 1. The monoisotopic (exact) mass is 401 g/mol. The first-order chi connectivity index (χ1) is 13.5. The third kappa shape index (κ3) is 2.88. The zero-order chi connectivity index (χ0) is 19.8. The normalized spacial score (nSPS) is 17.6. The van der Waals surface area contributed by atoms with Crippen LogP contribution in [-0.4, -0.2) is 24.6 Å². The van der Waals surface area contributed by atoms with Gasteiger partial charge in [0.1, 0.15) is 11.9 Å². The van der Waals surface area contributed by atoms with Gasteiger partial charge in [-0.15, -0.1) is 11.3 Å². The van der Waals surface area contributed by atoms with Crippen LogP contribution in [0, 0.1) is 10.1 Å². The summed E-state index contributed by atoms with van der Waals surface area (Å²) < 4.78 is 10.4. The minimum atomic E-state index is -0.451. The van der Waals surface area contributed by atoms with Gasteiger partial charge in [-0.05, 0) is 42.8 Å². The minimum absolute atomic E-state index is 0.1000. The van der Waals surface area contributed by atoms with E-state index in [1.54, 1.807) is 24.3 Å². The van der Waals surface area contributed by atoms with E-state index in [1.165, 1.54) is 13.2 Å². The highest BCUT2D eigenvalue weighted by Gasteiger charge is 2.41. The maximum Gasteiger partial charge on any atom is 0.356 e. The van der Waals surface area contributed by atoms with Gasteiger partial charge >= 0.3 is 11.7 Å². The number of esters is 1. The van der Waals surface area contributed by atoms with Crippen LogP contribution in [0.15, 0.2) is 41.0 Å². The van der Waals surface area contributed by atoms with Crippen LogP contribution in [-0.2, 0) is 16.0 Å². The van der Waals surface area contributed by atoms with Crippen molar-refractivity contribution in [2.24, 2.45) is 0 Å². The van der Waals surface area contributed by atoms with Crippen molar-refractivity contribution in [3.8, 4) is 5.75 Å². The van der Waals surface area contributed by atoms with E-state index in [0.29, 0.717) is 24.2 Å². The standard InChI is InChI=1S/C19H19N3O5S/c1-3-27-19(23)17-12-7-6-11-9-15(26-2)14(22(24)25)10-13(11)21(12)18(20-17)16-5-4-8-28-16/h4-5,8-10,18,20H,3,6-7H2,1-2H3. The number of thiophene rings is 1. The quantitative estimate of drug-likeness (QED) is 0.466. The van der Waals surface area contributed by atoms with Crippen LogP contribution >= 0.6 is 11.3 Å². The highest BCUT2D eigenvalue weighted by atomic mass is 32.1. The molecule has 1 unspecified atom stereocenters. The predicted molar refractivity (Wildman–Crippen MR) is 104 cm³/mol. The molecule has 4 rings (SSSR count). The third-order valence-corrected chi connectivity index (χ3v) is 5.80. The van der Waals surface area contributed by atoms with E-state index in [4.69, 9.17) is 9.47 Å². The fourth-order valence-electron chi connectivity index (χ4n) is 3.70. The Morgan fingerprint density at radius 3 is 2.89 bits per heavy atom. The second kappa shape index (κ2) is 7.16. The molecule has 0 aliphatic carbocycles. The van der Waals surface area contributed by atoms with Gasteiger partial charge in [-0.2, -0.15) is 0 Å². The van der Waals surface area contributed by atoms with E-state index in [2.05, 4.69) is 5.32 Å². The van der Waals surface area contributed by atoms with Gasteiger partial charge < -0.3 is 19.7 Å². The SMILES string of the molecule is CCOC(=O)C1=C2CCc3cc(OC)c([N+](=O)[O-])cc3N2C(c2cccs2)N1. The van der Waals surface area contributed by atoms with E-state index in [9.17, 15) is 14.9 Å². The van der Waals surface area contributed by atoms with Crippen LogP contribution in [0.4, 0.5) is 11.4 Å². The van der Waals surface area contributed by atoms with Crippen LogP contribution in [0.2, 0.25) is 0 Å². The molecule has 0 saturated heterocycles. The second-order valence-corrected chi connectivity index (χ2v) is 7.36. The van der Waals surface area contributed by atoms with E-state index >= 15 is 0 Å². The average Bonchev–Trinajstić information content (AvgIpc) is 3.34. The van der Waals surface area contributed by atoms with Gasteiger partial charge in [0.2, 0.25) is 0 Å². The Morgan fingerprint density at radius 2 is 2.25 bits per heavy atom. The average molecular weight is 401 g/mol. The second-order valence-electron chi connectivity index (χ2n) is 6.38. The minimum Gasteiger partial charge on any atom is -0.490 e. The molecule has 0 saturated carbocycles. The van der Waals surface area contributed by atoms with Gasteiger partial charge in [-0.25, -0.2) is 4.79 Å². The summed E-state index contributed by atoms with van der Waals surface area (Å²) in [7, 11) is 1.42. The Balaban J connectivity index is 1.87. The van der Waals surface area contributed by atoms with Gasteiger partial charge in [0.25, 0.3) is 0 Å². The predicted octanol–water partition coefficient (Wildman–Crippen LogP) is 3.49. The summed E-state index contributed by atoms with van der Waals surface area (Å²) >= 11 is 1.55. The molecular weight excluding hydrogens is 382 g/mol. The molecule has 0 spiro atoms. The van der Waals surface area contributed by atoms with Crippen molar-refractivity contribution in [2.45, 2.75) is 25.9 Å². The number of nitrogens with zero attached hydrogens (tertiary/aromatic N) is 2. The maximum atomic E-state index is 12.5. The lowest BCUT2D eigenvalue weighted by Crippen LogP contribution is -2.31. The molecule has 0 fully saturated rings. The number of anilines is 1. The molecule has 0 bridgehead atoms. The molecule has 0 radical (unpaired) electrons. The van der Waals surface area contributed by atoms with Crippen molar-refractivity contribution < 1.29 is 19.2 Å². The van der Waals surface area contributed by atoms with Crippen LogP contribution in [0.25, 0.3) is 0 Å². The number of hydrogen-bond acceptors (Lipinski definition) is 8. The Labute approximate surface area is 165 Å².